The Morgan fingerprint density at radius 1 is 0.848 bits per heavy atom. The number of benzene rings is 3. The average Bonchev–Trinajstić information content (AvgIpc) is 3.56. The van der Waals surface area contributed by atoms with Gasteiger partial charge in [-0.05, 0) is 79.8 Å². The molecule has 0 spiro atoms. The minimum Gasteiger partial charge on any atom is -0.493 e. The third-order valence-electron chi connectivity index (χ3n) is 7.04. The molecule has 0 aliphatic heterocycles. The van der Waals surface area contributed by atoms with Crippen molar-refractivity contribution in [3.05, 3.63) is 89.5 Å². The number of rotatable bonds is 10. The number of hydrazine groups is 1. The highest BCUT2D eigenvalue weighted by Crippen LogP contribution is 2.33. The van der Waals surface area contributed by atoms with Crippen LogP contribution >= 0.6 is 0 Å². The number of nitrogens with zero attached hydrogens (tertiary/aromatic N) is 2. The first-order valence-corrected chi connectivity index (χ1v) is 14.5. The highest BCUT2D eigenvalue weighted by molar-refractivity contribution is 6.00. The Balaban J connectivity index is 1.46. The van der Waals surface area contributed by atoms with Crippen molar-refractivity contribution in [2.75, 3.05) is 26.3 Å². The normalized spacial score (nSPS) is 12.4. The first kappa shape index (κ1) is 33.3. The molecule has 1 N–H and O–H groups in total. The van der Waals surface area contributed by atoms with Crippen molar-refractivity contribution in [3.8, 4) is 11.5 Å². The summed E-state index contributed by atoms with van der Waals surface area (Å²) >= 11 is 0. The number of esters is 2. The van der Waals surface area contributed by atoms with E-state index >= 15 is 0 Å². The molecule has 242 valence electrons. The summed E-state index contributed by atoms with van der Waals surface area (Å²) in [6.45, 7) is 0.422. The van der Waals surface area contributed by atoms with E-state index in [4.69, 9.17) is 23.7 Å². The van der Waals surface area contributed by atoms with Crippen molar-refractivity contribution in [1.29, 1.82) is 0 Å². The molecule has 13 nitrogen and oxygen atoms in total. The lowest BCUT2D eigenvalue weighted by atomic mass is 10.1. The zero-order chi connectivity index (χ0) is 33.1. The molecule has 0 saturated heterocycles. The van der Waals surface area contributed by atoms with Gasteiger partial charge in [-0.25, -0.2) is 24.4 Å². The van der Waals surface area contributed by atoms with Crippen LogP contribution in [0.5, 0.6) is 11.5 Å². The van der Waals surface area contributed by atoms with Gasteiger partial charge in [-0.15, -0.1) is 0 Å². The van der Waals surface area contributed by atoms with Gasteiger partial charge in [0.2, 0.25) is 6.79 Å². The molecule has 1 aliphatic carbocycles. The molecule has 3 amide bonds. The Morgan fingerprint density at radius 3 is 2.20 bits per heavy atom. The van der Waals surface area contributed by atoms with Gasteiger partial charge >= 0.3 is 24.1 Å². The number of anilines is 1. The predicted molar refractivity (Wildman–Crippen MR) is 164 cm³/mol. The molecule has 0 heterocycles. The fraction of sp³-hybridized carbons (Fsp3) is 0.303. The molecule has 13 heteroatoms. The molecular weight excluding hydrogens is 598 g/mol. The van der Waals surface area contributed by atoms with E-state index in [-0.39, 0.29) is 29.5 Å². The summed E-state index contributed by atoms with van der Waals surface area (Å²) in [5.74, 6) is -1.00. The minimum absolute atomic E-state index is 0.0573. The van der Waals surface area contributed by atoms with Gasteiger partial charge < -0.3 is 23.7 Å². The van der Waals surface area contributed by atoms with Crippen LogP contribution in [-0.2, 0) is 25.5 Å². The molecule has 4 rings (SSSR count). The Morgan fingerprint density at radius 2 is 1.54 bits per heavy atom. The largest absolute Gasteiger partial charge is 0.493 e. The van der Waals surface area contributed by atoms with E-state index in [9.17, 15) is 24.0 Å². The number of hydrogen-bond acceptors (Lipinski definition) is 10. The summed E-state index contributed by atoms with van der Waals surface area (Å²) in [6.07, 6.45) is 2.13. The maximum Gasteiger partial charge on any atom is 0.432 e. The number of carbonyl (C=O) groups is 5. The molecule has 46 heavy (non-hydrogen) atoms. The lowest BCUT2D eigenvalue weighted by molar-refractivity contribution is -0.150. The first-order valence-electron chi connectivity index (χ1n) is 14.5. The zero-order valence-electron chi connectivity index (χ0n) is 25.7. The van der Waals surface area contributed by atoms with Crippen molar-refractivity contribution in [2.24, 2.45) is 0 Å². The molecular formula is C33H35N3O10. The van der Waals surface area contributed by atoms with Crippen LogP contribution in [0.15, 0.2) is 72.8 Å². The lowest BCUT2D eigenvalue weighted by Crippen LogP contribution is -2.47. The Bertz CT molecular complexity index is 1540. The molecule has 0 radical (unpaired) electrons. The summed E-state index contributed by atoms with van der Waals surface area (Å²) in [7, 11) is 2.92. The monoisotopic (exact) mass is 633 g/mol. The zero-order valence-corrected chi connectivity index (χ0v) is 25.7. The second-order valence-electron chi connectivity index (χ2n) is 10.3. The van der Waals surface area contributed by atoms with E-state index in [0.29, 0.717) is 17.1 Å². The topological polar surface area (TPSA) is 150 Å². The second-order valence-corrected chi connectivity index (χ2v) is 10.3. The van der Waals surface area contributed by atoms with Crippen LogP contribution in [0.3, 0.4) is 0 Å². The average molecular weight is 634 g/mol. The number of nitrogens with one attached hydrogen (secondary N) is 1. The Kier molecular flexibility index (Phi) is 11.5. The molecule has 0 bridgehead atoms. The summed E-state index contributed by atoms with van der Waals surface area (Å²) in [5.41, 5.74) is 1.25. The van der Waals surface area contributed by atoms with Crippen LogP contribution in [0.1, 0.15) is 58.9 Å². The minimum atomic E-state index is -0.998. The van der Waals surface area contributed by atoms with Gasteiger partial charge in [-0.1, -0.05) is 24.3 Å². The molecule has 1 aliphatic rings. The van der Waals surface area contributed by atoms with Gasteiger partial charge in [0.05, 0.1) is 25.3 Å². The quantitative estimate of drug-likeness (QED) is 0.130. The van der Waals surface area contributed by atoms with Gasteiger partial charge in [0, 0.05) is 25.2 Å². The Hall–Kier alpha value is -5.59. The van der Waals surface area contributed by atoms with Gasteiger partial charge in [0.1, 0.15) is 0 Å². The SMILES string of the molecule is COc1ccc(CN(C(=O)OCOC(C)=O)N(C)C(=O)c2ccc(NC(=O)OC(=O)c3ccccc3)cc2)cc1OC1CCCC1. The predicted octanol–water partition coefficient (Wildman–Crippen LogP) is 5.55. The standard InChI is InChI=1S/C33H35N3O10/c1-22(37)43-21-44-33(41)36(20-23-13-18-28(42-3)29(19-23)45-27-11-7-8-12-27)35(2)30(38)24-14-16-26(17-15-24)34-32(40)46-31(39)25-9-5-4-6-10-25/h4-6,9-10,13-19,27H,7-8,11-12,20-21H2,1-3H3,(H,34,40). The number of amides is 3. The van der Waals surface area contributed by atoms with Gasteiger partial charge in [0.15, 0.2) is 11.5 Å². The van der Waals surface area contributed by atoms with E-state index in [1.54, 1.807) is 36.4 Å². The van der Waals surface area contributed by atoms with Crippen molar-refractivity contribution in [1.82, 2.24) is 10.0 Å². The lowest BCUT2D eigenvalue weighted by Gasteiger charge is -2.31. The molecule has 3 aromatic carbocycles. The number of hydrogen-bond donors (Lipinski definition) is 1. The van der Waals surface area contributed by atoms with E-state index < -0.39 is 36.8 Å². The highest BCUT2D eigenvalue weighted by atomic mass is 16.7. The van der Waals surface area contributed by atoms with E-state index in [1.807, 2.05) is 0 Å². The summed E-state index contributed by atoms with van der Waals surface area (Å²) in [4.78, 5) is 62.2. The molecule has 1 fully saturated rings. The molecule has 0 aromatic heterocycles. The molecule has 1 saturated carbocycles. The molecule has 0 unspecified atom stereocenters. The summed E-state index contributed by atoms with van der Waals surface area (Å²) in [5, 5.41) is 4.54. The van der Waals surface area contributed by atoms with Crippen LogP contribution in [0.25, 0.3) is 0 Å². The van der Waals surface area contributed by atoms with Crippen LogP contribution < -0.4 is 14.8 Å². The third kappa shape index (κ3) is 9.21. The van der Waals surface area contributed by atoms with Crippen LogP contribution in [0, 0.1) is 0 Å². The fourth-order valence-electron chi connectivity index (χ4n) is 4.65. The first-order chi connectivity index (χ1) is 22.1. The van der Waals surface area contributed by atoms with Gasteiger partial charge in [-0.3, -0.25) is 14.9 Å². The van der Waals surface area contributed by atoms with Crippen molar-refractivity contribution in [3.63, 3.8) is 0 Å². The fourth-order valence-corrected chi connectivity index (χ4v) is 4.65. The van der Waals surface area contributed by atoms with E-state index in [1.165, 1.54) is 57.5 Å². The second kappa shape index (κ2) is 15.9. The van der Waals surface area contributed by atoms with Gasteiger partial charge in [-0.2, -0.15) is 0 Å². The van der Waals surface area contributed by atoms with E-state index in [2.05, 4.69) is 5.32 Å². The smallest absolute Gasteiger partial charge is 0.432 e. The van der Waals surface area contributed by atoms with Crippen molar-refractivity contribution >= 4 is 35.7 Å². The number of ether oxygens (including phenoxy) is 5. The van der Waals surface area contributed by atoms with Gasteiger partial charge in [0.25, 0.3) is 5.91 Å². The van der Waals surface area contributed by atoms with Crippen LogP contribution in [0.4, 0.5) is 15.3 Å². The summed E-state index contributed by atoms with van der Waals surface area (Å²) in [6, 6.07) is 19.0. The highest BCUT2D eigenvalue weighted by Gasteiger charge is 2.27. The third-order valence-corrected chi connectivity index (χ3v) is 7.04. The Labute approximate surface area is 265 Å². The maximum atomic E-state index is 13.5. The number of carbonyl (C=O) groups excluding carboxylic acids is 5. The molecule has 0 atom stereocenters. The van der Waals surface area contributed by atoms with Crippen molar-refractivity contribution < 1.29 is 47.7 Å². The molecule has 3 aromatic rings. The maximum absolute atomic E-state index is 13.5. The van der Waals surface area contributed by atoms with E-state index in [0.717, 1.165) is 35.7 Å². The van der Waals surface area contributed by atoms with Crippen LogP contribution in [-0.4, -0.2) is 67.1 Å². The van der Waals surface area contributed by atoms with Crippen LogP contribution in [0.2, 0.25) is 0 Å². The number of methoxy groups -OCH3 is 1. The summed E-state index contributed by atoms with van der Waals surface area (Å²) < 4.78 is 26.3. The van der Waals surface area contributed by atoms with Crippen molar-refractivity contribution in [2.45, 2.75) is 45.3 Å².